The fourth-order valence-electron chi connectivity index (χ4n) is 2.35. The van der Waals surface area contributed by atoms with Crippen molar-refractivity contribution in [1.29, 1.82) is 0 Å². The Morgan fingerprint density at radius 2 is 1.52 bits per heavy atom. The normalized spacial score (nSPS) is 14.0. The first-order chi connectivity index (χ1) is 13.3. The van der Waals surface area contributed by atoms with Crippen LogP contribution in [0, 0.1) is 11.8 Å². The molecule has 0 aromatic rings. The number of hydrogen-bond acceptors (Lipinski definition) is 6. The predicted molar refractivity (Wildman–Crippen MR) is 105 cm³/mol. The molecule has 0 aliphatic carbocycles. The van der Waals surface area contributed by atoms with Gasteiger partial charge in [0.05, 0.1) is 12.6 Å². The maximum absolute atomic E-state index is 12.5. The van der Waals surface area contributed by atoms with Crippen LogP contribution in [-0.4, -0.2) is 59.4 Å². The largest absolute Gasteiger partial charge is 0.480 e. The van der Waals surface area contributed by atoms with Gasteiger partial charge in [-0.1, -0.05) is 27.7 Å². The lowest BCUT2D eigenvalue weighted by Gasteiger charge is -2.23. The van der Waals surface area contributed by atoms with Gasteiger partial charge in [-0.2, -0.15) is 0 Å². The van der Waals surface area contributed by atoms with Crippen molar-refractivity contribution in [2.24, 2.45) is 23.3 Å². The molecular weight excluding hydrogens is 382 g/mol. The van der Waals surface area contributed by atoms with Gasteiger partial charge in [-0.15, -0.1) is 0 Å². The third-order valence-electron chi connectivity index (χ3n) is 4.10. The molecule has 0 bridgehead atoms. The van der Waals surface area contributed by atoms with Gasteiger partial charge in [0.2, 0.25) is 23.6 Å². The van der Waals surface area contributed by atoms with Crippen LogP contribution in [0.4, 0.5) is 0 Å². The first-order valence-electron chi connectivity index (χ1n) is 9.49. The summed E-state index contributed by atoms with van der Waals surface area (Å²) in [4.78, 5) is 58.6. The van der Waals surface area contributed by atoms with E-state index in [0.717, 1.165) is 0 Å². The molecule has 0 heterocycles. The van der Waals surface area contributed by atoms with E-state index in [1.54, 1.807) is 13.8 Å². The van der Waals surface area contributed by atoms with Crippen LogP contribution < -0.4 is 27.4 Å². The highest BCUT2D eigenvalue weighted by atomic mass is 16.4. The highest BCUT2D eigenvalue weighted by molar-refractivity contribution is 5.92. The average molecular weight is 415 g/mol. The number of nitrogens with two attached hydrogens (primary N) is 2. The van der Waals surface area contributed by atoms with E-state index < -0.39 is 47.7 Å². The van der Waals surface area contributed by atoms with Crippen LogP contribution in [0.15, 0.2) is 0 Å². The summed E-state index contributed by atoms with van der Waals surface area (Å²) < 4.78 is 0. The second-order valence-corrected chi connectivity index (χ2v) is 7.64. The third kappa shape index (κ3) is 11.0. The van der Waals surface area contributed by atoms with Crippen LogP contribution in [0.3, 0.4) is 0 Å². The molecular formula is C18H33N5O6. The molecule has 3 atom stereocenters. The number of carbonyl (C=O) groups is 5. The summed E-state index contributed by atoms with van der Waals surface area (Å²) in [6, 6.07) is -3.09. The molecule has 0 radical (unpaired) electrons. The number of carbonyl (C=O) groups excluding carboxylic acids is 4. The van der Waals surface area contributed by atoms with E-state index in [1.165, 1.54) is 0 Å². The molecule has 29 heavy (non-hydrogen) atoms. The number of aliphatic carboxylic acids is 1. The van der Waals surface area contributed by atoms with Crippen molar-refractivity contribution >= 4 is 29.6 Å². The van der Waals surface area contributed by atoms with Crippen molar-refractivity contribution in [2.45, 2.75) is 65.1 Å². The molecule has 0 spiro atoms. The van der Waals surface area contributed by atoms with Gasteiger partial charge in [-0.3, -0.25) is 19.2 Å². The molecule has 0 aliphatic rings. The molecule has 3 unspecified atom stereocenters. The maximum atomic E-state index is 12.5. The summed E-state index contributed by atoms with van der Waals surface area (Å²) in [5, 5.41) is 16.4. The average Bonchev–Trinajstić information content (AvgIpc) is 2.60. The number of amides is 4. The molecule has 8 N–H and O–H groups in total. The first-order valence-corrected chi connectivity index (χ1v) is 9.49. The second kappa shape index (κ2) is 12.7. The summed E-state index contributed by atoms with van der Waals surface area (Å²) in [6.45, 7) is 6.83. The third-order valence-corrected chi connectivity index (χ3v) is 4.10. The Labute approximate surface area is 170 Å². The number of rotatable bonds is 13. The van der Waals surface area contributed by atoms with E-state index in [1.807, 2.05) is 13.8 Å². The molecule has 0 aromatic carbocycles. The molecule has 11 heteroatoms. The van der Waals surface area contributed by atoms with Crippen LogP contribution in [0.5, 0.6) is 0 Å². The van der Waals surface area contributed by atoms with Crippen LogP contribution in [-0.2, 0) is 24.0 Å². The van der Waals surface area contributed by atoms with E-state index in [9.17, 15) is 29.1 Å². The van der Waals surface area contributed by atoms with E-state index >= 15 is 0 Å². The Hall–Kier alpha value is -2.69. The number of carboxylic acid groups (broad SMARTS) is 1. The lowest BCUT2D eigenvalue weighted by Crippen LogP contribution is -2.54. The Balaban J connectivity index is 4.94. The van der Waals surface area contributed by atoms with Crippen LogP contribution in [0.1, 0.15) is 47.0 Å². The Morgan fingerprint density at radius 1 is 0.931 bits per heavy atom. The van der Waals surface area contributed by atoms with E-state index in [4.69, 9.17) is 11.5 Å². The van der Waals surface area contributed by atoms with Crippen molar-refractivity contribution in [1.82, 2.24) is 16.0 Å². The summed E-state index contributed by atoms with van der Waals surface area (Å²) in [5.74, 6) is -3.89. The van der Waals surface area contributed by atoms with E-state index in [0.29, 0.717) is 0 Å². The van der Waals surface area contributed by atoms with Gasteiger partial charge in [-0.05, 0) is 24.7 Å². The molecule has 0 fully saturated rings. The van der Waals surface area contributed by atoms with Crippen LogP contribution in [0.2, 0.25) is 0 Å². The van der Waals surface area contributed by atoms with Gasteiger partial charge in [0.1, 0.15) is 12.1 Å². The van der Waals surface area contributed by atoms with Gasteiger partial charge in [-0.25, -0.2) is 4.79 Å². The fraction of sp³-hybridized carbons (Fsp3) is 0.722. The molecule has 4 amide bonds. The minimum Gasteiger partial charge on any atom is -0.480 e. The summed E-state index contributed by atoms with van der Waals surface area (Å²) >= 11 is 0. The predicted octanol–water partition coefficient (Wildman–Crippen LogP) is -1.55. The Bertz CT molecular complexity index is 608. The summed E-state index contributed by atoms with van der Waals surface area (Å²) in [7, 11) is 0. The molecule has 166 valence electrons. The first kappa shape index (κ1) is 26.3. The number of hydrogen-bond donors (Lipinski definition) is 6. The monoisotopic (exact) mass is 415 g/mol. The van der Waals surface area contributed by atoms with Crippen molar-refractivity contribution in [3.05, 3.63) is 0 Å². The highest BCUT2D eigenvalue weighted by Crippen LogP contribution is 2.07. The highest BCUT2D eigenvalue weighted by Gasteiger charge is 2.27. The molecule has 11 nitrogen and oxygen atoms in total. The SMILES string of the molecule is CC(C)CC(NC(=O)CNC(=O)C(N)C(C)C)C(=O)NC(CCC(N)=O)C(=O)O. The van der Waals surface area contributed by atoms with Crippen molar-refractivity contribution < 1.29 is 29.1 Å². The molecule has 0 rings (SSSR count). The molecule has 0 aromatic heterocycles. The quantitative estimate of drug-likeness (QED) is 0.209. The lowest BCUT2D eigenvalue weighted by atomic mass is 10.0. The van der Waals surface area contributed by atoms with E-state index in [-0.39, 0.29) is 37.6 Å². The van der Waals surface area contributed by atoms with Crippen molar-refractivity contribution in [3.8, 4) is 0 Å². The van der Waals surface area contributed by atoms with E-state index in [2.05, 4.69) is 16.0 Å². The van der Waals surface area contributed by atoms with Crippen molar-refractivity contribution in [2.75, 3.05) is 6.54 Å². The second-order valence-electron chi connectivity index (χ2n) is 7.64. The molecule has 0 saturated carbocycles. The van der Waals surface area contributed by atoms with Crippen LogP contribution in [0.25, 0.3) is 0 Å². The minimum atomic E-state index is -1.32. The fourth-order valence-corrected chi connectivity index (χ4v) is 2.35. The number of carboxylic acids is 1. The zero-order chi connectivity index (χ0) is 22.7. The van der Waals surface area contributed by atoms with Crippen molar-refractivity contribution in [3.63, 3.8) is 0 Å². The van der Waals surface area contributed by atoms with Crippen LogP contribution >= 0.6 is 0 Å². The zero-order valence-electron chi connectivity index (χ0n) is 17.4. The Morgan fingerprint density at radius 3 is 1.97 bits per heavy atom. The summed E-state index contributed by atoms with van der Waals surface area (Å²) in [5.41, 5.74) is 10.7. The summed E-state index contributed by atoms with van der Waals surface area (Å²) in [6.07, 6.45) is -0.123. The molecule has 0 aliphatic heterocycles. The minimum absolute atomic E-state index is 0.0175. The topological polar surface area (TPSA) is 194 Å². The number of primary amides is 1. The maximum Gasteiger partial charge on any atom is 0.326 e. The van der Waals surface area contributed by atoms with Gasteiger partial charge >= 0.3 is 5.97 Å². The number of nitrogens with one attached hydrogen (secondary N) is 3. The van der Waals surface area contributed by atoms with Gasteiger partial charge in [0.25, 0.3) is 0 Å². The molecule has 0 saturated heterocycles. The standard InChI is InChI=1S/C18H33N5O6/c1-9(2)7-12(16(26)23-11(18(28)29)5-6-13(19)24)22-14(25)8-21-17(27)15(20)10(3)4/h9-12,15H,5-8,20H2,1-4H3,(H2,19,24)(H,21,27)(H,22,25)(H,23,26)(H,28,29). The lowest BCUT2D eigenvalue weighted by molar-refractivity contribution is -0.142. The smallest absolute Gasteiger partial charge is 0.326 e. The van der Waals surface area contributed by atoms with Gasteiger partial charge < -0.3 is 32.5 Å². The van der Waals surface area contributed by atoms with Gasteiger partial charge in [0.15, 0.2) is 0 Å². The Kier molecular flexibility index (Phi) is 11.5. The zero-order valence-corrected chi connectivity index (χ0v) is 17.4. The van der Waals surface area contributed by atoms with Gasteiger partial charge in [0, 0.05) is 6.42 Å².